The van der Waals surface area contributed by atoms with E-state index in [2.05, 4.69) is 51.7 Å². The molecule has 0 bridgehead atoms. The molecule has 2 N–H and O–H groups in total. The number of piperidine rings is 1. The number of ether oxygens (including phenoxy) is 1. The summed E-state index contributed by atoms with van der Waals surface area (Å²) in [6.07, 6.45) is 8.27. The molecule has 4 aromatic rings. The standard InChI is InChI=1S/C33H42N8O4S/c1-22-7-5-9-27(22)28-17-23-18-35-33(36-24-10-12-25(13-11-24)40(3)26-8-6-14-34-19-26)37-31(23)41(32(28)42)20-29-30(21-39(2)38-29)46(43,44)16-15-45-4/h10-13,17-18,21,26,34H,5-9,14-16,19-20H2,1-4H3,(H,35,36,37). The van der Waals surface area contributed by atoms with Gasteiger partial charge in [0.1, 0.15) is 16.2 Å². The second-order valence-electron chi connectivity index (χ2n) is 12.2. The molecule has 0 amide bonds. The largest absolute Gasteiger partial charge is 0.384 e. The van der Waals surface area contributed by atoms with E-state index in [1.165, 1.54) is 34.5 Å². The van der Waals surface area contributed by atoms with Gasteiger partial charge in [-0.1, -0.05) is 5.57 Å². The van der Waals surface area contributed by atoms with Gasteiger partial charge in [-0.3, -0.25) is 14.0 Å². The smallest absolute Gasteiger partial charge is 0.260 e. The van der Waals surface area contributed by atoms with Crippen molar-refractivity contribution in [1.82, 2.24) is 29.6 Å². The minimum atomic E-state index is -3.70. The Hall–Kier alpha value is -4.07. The Morgan fingerprint density at radius 2 is 1.98 bits per heavy atom. The average molecular weight is 647 g/mol. The highest BCUT2D eigenvalue weighted by Crippen LogP contribution is 2.33. The first-order chi connectivity index (χ1) is 22.1. The predicted molar refractivity (Wildman–Crippen MR) is 181 cm³/mol. The lowest BCUT2D eigenvalue weighted by Crippen LogP contribution is -2.44. The van der Waals surface area contributed by atoms with Crippen molar-refractivity contribution < 1.29 is 13.2 Å². The number of rotatable bonds is 11. The molecule has 46 heavy (non-hydrogen) atoms. The van der Waals surface area contributed by atoms with E-state index >= 15 is 0 Å². The van der Waals surface area contributed by atoms with Crippen molar-refractivity contribution >= 4 is 43.8 Å². The zero-order chi connectivity index (χ0) is 32.4. The highest BCUT2D eigenvalue weighted by Gasteiger charge is 2.25. The molecule has 2 aliphatic rings. The van der Waals surface area contributed by atoms with Crippen LogP contribution in [-0.2, 0) is 28.2 Å². The number of aromatic nitrogens is 5. The van der Waals surface area contributed by atoms with Crippen molar-refractivity contribution in [2.24, 2.45) is 7.05 Å². The molecule has 0 spiro atoms. The number of anilines is 3. The summed E-state index contributed by atoms with van der Waals surface area (Å²) in [6.45, 7) is 4.10. The van der Waals surface area contributed by atoms with Crippen LogP contribution in [0.3, 0.4) is 0 Å². The second kappa shape index (κ2) is 13.3. The first-order valence-electron chi connectivity index (χ1n) is 15.8. The quantitative estimate of drug-likeness (QED) is 0.247. The maximum atomic E-state index is 14.2. The van der Waals surface area contributed by atoms with Crippen LogP contribution in [0.4, 0.5) is 17.3 Å². The van der Waals surface area contributed by atoms with Crippen molar-refractivity contribution in [2.75, 3.05) is 49.8 Å². The summed E-state index contributed by atoms with van der Waals surface area (Å²) in [7, 11) is 1.55. The van der Waals surface area contributed by atoms with Gasteiger partial charge in [-0.2, -0.15) is 10.1 Å². The lowest BCUT2D eigenvalue weighted by Gasteiger charge is -2.33. The third kappa shape index (κ3) is 6.58. The van der Waals surface area contributed by atoms with Crippen LogP contribution >= 0.6 is 0 Å². The number of methoxy groups -OCH3 is 1. The van der Waals surface area contributed by atoms with Gasteiger partial charge in [0.2, 0.25) is 5.95 Å². The molecule has 244 valence electrons. The third-order valence-corrected chi connectivity index (χ3v) is 10.8. The summed E-state index contributed by atoms with van der Waals surface area (Å²) in [5, 5.41) is 11.9. The van der Waals surface area contributed by atoms with Crippen molar-refractivity contribution in [3.05, 3.63) is 69.9 Å². The van der Waals surface area contributed by atoms with Gasteiger partial charge in [0, 0.05) is 68.5 Å². The fraction of sp³-hybridized carbons (Fsp3) is 0.455. The molecule has 0 saturated carbocycles. The topological polar surface area (TPSA) is 136 Å². The summed E-state index contributed by atoms with van der Waals surface area (Å²) < 4.78 is 34.5. The molecule has 13 heteroatoms. The van der Waals surface area contributed by atoms with Gasteiger partial charge in [-0.05, 0) is 81.5 Å². The van der Waals surface area contributed by atoms with Crippen molar-refractivity contribution in [1.29, 1.82) is 0 Å². The fourth-order valence-corrected chi connectivity index (χ4v) is 7.84. The number of nitrogens with zero attached hydrogens (tertiary/aromatic N) is 6. The van der Waals surface area contributed by atoms with Crippen LogP contribution < -0.4 is 21.1 Å². The van der Waals surface area contributed by atoms with E-state index in [0.717, 1.165) is 55.7 Å². The first-order valence-corrected chi connectivity index (χ1v) is 17.4. The minimum Gasteiger partial charge on any atom is -0.384 e. The molecular formula is C33H42N8O4S. The zero-order valence-corrected chi connectivity index (χ0v) is 27.7. The van der Waals surface area contributed by atoms with Crippen molar-refractivity contribution in [3.8, 4) is 0 Å². The summed E-state index contributed by atoms with van der Waals surface area (Å²) in [5.74, 6) is 0.142. The summed E-state index contributed by atoms with van der Waals surface area (Å²) in [4.78, 5) is 26.0. The van der Waals surface area contributed by atoms with Crippen LogP contribution in [0.2, 0.25) is 0 Å². The van der Waals surface area contributed by atoms with Gasteiger partial charge in [0.15, 0.2) is 9.84 Å². The SMILES string of the molecule is COCCS(=O)(=O)c1cn(C)nc1Cn1c(=O)c(C2=C(C)CCC2)cc2cnc(Nc3ccc(N(C)C4CCCNC4)cc3)nc21. The molecule has 1 aromatic carbocycles. The summed E-state index contributed by atoms with van der Waals surface area (Å²) in [5.41, 5.74) is 5.20. The van der Waals surface area contributed by atoms with E-state index in [1.54, 1.807) is 13.2 Å². The molecule has 3 aromatic heterocycles. The van der Waals surface area contributed by atoms with Gasteiger partial charge < -0.3 is 20.3 Å². The Kier molecular flexibility index (Phi) is 9.25. The Morgan fingerprint density at radius 3 is 2.67 bits per heavy atom. The number of allylic oxidation sites excluding steroid dienone is 2. The molecule has 1 atom stereocenters. The number of sulfone groups is 1. The van der Waals surface area contributed by atoms with Gasteiger partial charge in [-0.25, -0.2) is 13.4 Å². The van der Waals surface area contributed by atoms with E-state index in [9.17, 15) is 13.2 Å². The molecule has 1 saturated heterocycles. The van der Waals surface area contributed by atoms with Gasteiger partial charge in [0.25, 0.3) is 5.56 Å². The Balaban J connectivity index is 1.37. The number of benzene rings is 1. The first kappa shape index (κ1) is 31.9. The monoisotopic (exact) mass is 646 g/mol. The molecule has 4 heterocycles. The number of likely N-dealkylation sites (N-methyl/N-ethyl adjacent to an activating group) is 1. The summed E-state index contributed by atoms with van der Waals surface area (Å²) in [6, 6.07) is 10.4. The third-order valence-electron chi connectivity index (χ3n) is 9.06. The van der Waals surface area contributed by atoms with Crippen LogP contribution in [0.5, 0.6) is 0 Å². The number of fused-ring (bicyclic) bond motifs is 1. The fourth-order valence-electron chi connectivity index (χ4n) is 6.46. The number of hydrogen-bond donors (Lipinski definition) is 2. The maximum absolute atomic E-state index is 14.2. The van der Waals surface area contributed by atoms with Crippen LogP contribution in [0.25, 0.3) is 16.6 Å². The van der Waals surface area contributed by atoms with Crippen LogP contribution in [-0.4, -0.2) is 78.4 Å². The normalized spacial score (nSPS) is 17.2. The summed E-state index contributed by atoms with van der Waals surface area (Å²) >= 11 is 0. The van der Waals surface area contributed by atoms with Gasteiger partial charge in [-0.15, -0.1) is 0 Å². The molecule has 1 aliphatic heterocycles. The predicted octanol–water partition coefficient (Wildman–Crippen LogP) is 3.88. The lowest BCUT2D eigenvalue weighted by atomic mass is 10.0. The Labute approximate surface area is 269 Å². The molecule has 1 fully saturated rings. The lowest BCUT2D eigenvalue weighted by molar-refractivity contribution is 0.217. The molecule has 1 aliphatic carbocycles. The maximum Gasteiger partial charge on any atom is 0.260 e. The minimum absolute atomic E-state index is 0.0553. The van der Waals surface area contributed by atoms with Crippen LogP contribution in [0, 0.1) is 0 Å². The van der Waals surface area contributed by atoms with Gasteiger partial charge >= 0.3 is 0 Å². The van der Waals surface area contributed by atoms with Crippen molar-refractivity contribution in [3.63, 3.8) is 0 Å². The molecule has 1 unspecified atom stereocenters. The Morgan fingerprint density at radius 1 is 1.17 bits per heavy atom. The number of hydrogen-bond acceptors (Lipinski definition) is 10. The average Bonchev–Trinajstić information content (AvgIpc) is 3.66. The highest BCUT2D eigenvalue weighted by atomic mass is 32.2. The van der Waals surface area contributed by atoms with E-state index in [0.29, 0.717) is 28.6 Å². The van der Waals surface area contributed by atoms with E-state index in [4.69, 9.17) is 9.72 Å². The Bertz CT molecular complexity index is 1930. The van der Waals surface area contributed by atoms with E-state index < -0.39 is 9.84 Å². The second-order valence-corrected chi connectivity index (χ2v) is 14.3. The molecular weight excluding hydrogens is 604 g/mol. The van der Waals surface area contributed by atoms with Crippen molar-refractivity contribution in [2.45, 2.75) is 56.5 Å². The number of pyridine rings is 1. The molecule has 12 nitrogen and oxygen atoms in total. The zero-order valence-electron chi connectivity index (χ0n) is 26.9. The molecule has 0 radical (unpaired) electrons. The highest BCUT2D eigenvalue weighted by molar-refractivity contribution is 7.91. The number of nitrogens with one attached hydrogen (secondary N) is 2. The van der Waals surface area contributed by atoms with Crippen LogP contribution in [0.1, 0.15) is 50.3 Å². The van der Waals surface area contributed by atoms with E-state index in [-0.39, 0.29) is 35.1 Å². The van der Waals surface area contributed by atoms with E-state index in [1.807, 2.05) is 18.2 Å². The van der Waals surface area contributed by atoms with Gasteiger partial charge in [0.05, 0.1) is 18.9 Å². The number of aryl methyl sites for hydroxylation is 1. The molecule has 6 rings (SSSR count). The van der Waals surface area contributed by atoms with Crippen LogP contribution in [0.15, 0.2) is 58.0 Å².